The second-order valence-corrected chi connectivity index (χ2v) is 14.9. The van der Waals surface area contributed by atoms with E-state index in [-0.39, 0.29) is 5.97 Å². The van der Waals surface area contributed by atoms with Crippen LogP contribution in [0.4, 0.5) is 0 Å². The quantitative estimate of drug-likeness (QED) is 0.0398. The Morgan fingerprint density at radius 3 is 1.06 bits per heavy atom. The van der Waals surface area contributed by atoms with Crippen LogP contribution >= 0.6 is 0 Å². The molecule has 1 atom stereocenters. The lowest BCUT2D eigenvalue weighted by atomic mass is 10.0. The van der Waals surface area contributed by atoms with Gasteiger partial charge in [-0.15, -0.1) is 0 Å². The van der Waals surface area contributed by atoms with Crippen LogP contribution < -0.4 is 0 Å². The van der Waals surface area contributed by atoms with E-state index in [1.54, 1.807) is 0 Å². The van der Waals surface area contributed by atoms with Crippen molar-refractivity contribution in [1.82, 2.24) is 0 Å². The molecular formula is C44H84O4. The number of hydrogen-bond acceptors (Lipinski definition) is 3. The number of allylic oxidation sites excluding steroid dienone is 2. The van der Waals surface area contributed by atoms with Crippen molar-refractivity contribution in [2.24, 2.45) is 0 Å². The smallest absolute Gasteiger partial charge is 0.345 e. The summed E-state index contributed by atoms with van der Waals surface area (Å²) in [5, 5.41) is 9.52. The number of unbranched alkanes of at least 4 members (excludes halogenated alkanes) is 32. The summed E-state index contributed by atoms with van der Waals surface area (Å²) in [5.41, 5.74) is 0. The van der Waals surface area contributed by atoms with Crippen LogP contribution in [0, 0.1) is 0 Å². The predicted molar refractivity (Wildman–Crippen MR) is 209 cm³/mol. The number of rotatable bonds is 40. The molecule has 0 spiro atoms. The summed E-state index contributed by atoms with van der Waals surface area (Å²) in [5.74, 6) is -1.34. The van der Waals surface area contributed by atoms with Gasteiger partial charge in [0, 0.05) is 6.42 Å². The molecule has 0 heterocycles. The van der Waals surface area contributed by atoms with E-state index in [0.717, 1.165) is 38.5 Å². The molecule has 0 fully saturated rings. The SMILES string of the molecule is CCCCCCCC/C=C\CCCCCCCCCCCC(=O)OC(CCCCCCCCCCCCCCCCCCCC)C(=O)O. The second kappa shape index (κ2) is 40.1. The Balaban J connectivity index is 3.49. The minimum Gasteiger partial charge on any atom is -0.479 e. The van der Waals surface area contributed by atoms with Crippen LogP contribution in [0.15, 0.2) is 12.2 Å². The van der Waals surface area contributed by atoms with Crippen LogP contribution in [0.3, 0.4) is 0 Å². The van der Waals surface area contributed by atoms with Crippen LogP contribution in [0.2, 0.25) is 0 Å². The highest BCUT2D eigenvalue weighted by atomic mass is 16.6. The number of hydrogen-bond donors (Lipinski definition) is 1. The lowest BCUT2D eigenvalue weighted by molar-refractivity contribution is -0.164. The Morgan fingerprint density at radius 2 is 0.729 bits per heavy atom. The van der Waals surface area contributed by atoms with E-state index in [4.69, 9.17) is 4.74 Å². The maximum atomic E-state index is 12.2. The maximum absolute atomic E-state index is 12.2. The largest absolute Gasteiger partial charge is 0.479 e. The van der Waals surface area contributed by atoms with E-state index in [2.05, 4.69) is 26.0 Å². The molecule has 0 bridgehead atoms. The lowest BCUT2D eigenvalue weighted by Gasteiger charge is -2.13. The first-order valence-corrected chi connectivity index (χ1v) is 21.7. The van der Waals surface area contributed by atoms with Gasteiger partial charge in [0.25, 0.3) is 0 Å². The Labute approximate surface area is 300 Å². The first-order chi connectivity index (χ1) is 23.6. The monoisotopic (exact) mass is 677 g/mol. The van der Waals surface area contributed by atoms with E-state index < -0.39 is 12.1 Å². The van der Waals surface area contributed by atoms with Crippen LogP contribution in [-0.4, -0.2) is 23.1 Å². The van der Waals surface area contributed by atoms with Gasteiger partial charge in [-0.3, -0.25) is 4.79 Å². The molecule has 0 amide bonds. The van der Waals surface area contributed by atoms with Gasteiger partial charge in [0.15, 0.2) is 6.10 Å². The van der Waals surface area contributed by atoms with E-state index in [1.807, 2.05) is 0 Å². The van der Waals surface area contributed by atoms with Crippen LogP contribution in [0.5, 0.6) is 0 Å². The summed E-state index contributed by atoms with van der Waals surface area (Å²) < 4.78 is 5.34. The minimum absolute atomic E-state index is 0.342. The molecule has 0 saturated carbocycles. The molecule has 0 radical (unpaired) electrons. The topological polar surface area (TPSA) is 63.6 Å². The first kappa shape index (κ1) is 46.7. The van der Waals surface area contributed by atoms with Crippen molar-refractivity contribution in [2.75, 3.05) is 0 Å². The summed E-state index contributed by atoms with van der Waals surface area (Å²) in [4.78, 5) is 23.9. The number of carboxylic acids is 1. The highest BCUT2D eigenvalue weighted by molar-refractivity contribution is 5.77. The number of carboxylic acid groups (broad SMARTS) is 1. The molecule has 0 saturated heterocycles. The Morgan fingerprint density at radius 1 is 0.438 bits per heavy atom. The number of esters is 1. The summed E-state index contributed by atoms with van der Waals surface area (Å²) in [7, 11) is 0. The third-order valence-corrected chi connectivity index (χ3v) is 10.0. The zero-order valence-corrected chi connectivity index (χ0v) is 32.6. The van der Waals surface area contributed by atoms with E-state index in [0.29, 0.717) is 12.8 Å². The van der Waals surface area contributed by atoms with Crippen LogP contribution in [0.25, 0.3) is 0 Å². The first-order valence-electron chi connectivity index (χ1n) is 21.7. The third kappa shape index (κ3) is 37.5. The zero-order valence-electron chi connectivity index (χ0n) is 32.6. The molecule has 0 rings (SSSR count). The highest BCUT2D eigenvalue weighted by Crippen LogP contribution is 2.17. The van der Waals surface area contributed by atoms with Gasteiger partial charge in [0.2, 0.25) is 0 Å². The lowest BCUT2D eigenvalue weighted by Crippen LogP contribution is -2.27. The van der Waals surface area contributed by atoms with Gasteiger partial charge in [0.05, 0.1) is 0 Å². The molecule has 0 aliphatic carbocycles. The molecule has 1 N–H and O–H groups in total. The average molecular weight is 677 g/mol. The molecule has 0 aromatic heterocycles. The zero-order chi connectivity index (χ0) is 35.0. The fraction of sp³-hybridized carbons (Fsp3) is 0.909. The van der Waals surface area contributed by atoms with Gasteiger partial charge < -0.3 is 9.84 Å². The Kier molecular flexibility index (Phi) is 39.0. The fourth-order valence-electron chi connectivity index (χ4n) is 6.73. The maximum Gasteiger partial charge on any atom is 0.345 e. The summed E-state index contributed by atoms with van der Waals surface area (Å²) in [6, 6.07) is 0. The molecule has 0 aromatic rings. The molecule has 4 nitrogen and oxygen atoms in total. The summed E-state index contributed by atoms with van der Waals surface area (Å²) >= 11 is 0. The molecular weight excluding hydrogens is 592 g/mol. The van der Waals surface area contributed by atoms with Crippen LogP contribution in [-0.2, 0) is 14.3 Å². The second-order valence-electron chi connectivity index (χ2n) is 14.9. The molecule has 1 unspecified atom stereocenters. The van der Waals surface area contributed by atoms with Crippen molar-refractivity contribution in [1.29, 1.82) is 0 Å². The normalized spacial score (nSPS) is 12.2. The summed E-state index contributed by atoms with van der Waals surface area (Å²) in [6.07, 6.45) is 49.7. The molecule has 4 heteroatoms. The van der Waals surface area contributed by atoms with Crippen molar-refractivity contribution in [3.63, 3.8) is 0 Å². The standard InChI is InChI=1S/C44H84O4/c1-3-5-7-9-11-13-15-17-19-21-23-25-27-29-31-33-35-37-39-41-43(45)48-42(44(46)47)40-38-36-34-32-30-28-26-24-22-20-18-16-14-12-10-8-6-4-2/h17,19,42H,3-16,18,20-41H2,1-2H3,(H,46,47)/b19-17-. The van der Waals surface area contributed by atoms with E-state index >= 15 is 0 Å². The van der Waals surface area contributed by atoms with Gasteiger partial charge in [-0.2, -0.15) is 0 Å². The van der Waals surface area contributed by atoms with E-state index in [9.17, 15) is 14.7 Å². The van der Waals surface area contributed by atoms with Crippen molar-refractivity contribution < 1.29 is 19.4 Å². The number of carbonyl (C=O) groups is 2. The molecule has 0 aliphatic rings. The fourth-order valence-corrected chi connectivity index (χ4v) is 6.73. The Bertz CT molecular complexity index is 687. The van der Waals surface area contributed by atoms with Crippen LogP contribution in [0.1, 0.15) is 251 Å². The van der Waals surface area contributed by atoms with Crippen molar-refractivity contribution in [3.05, 3.63) is 12.2 Å². The third-order valence-electron chi connectivity index (χ3n) is 10.0. The van der Waals surface area contributed by atoms with Gasteiger partial charge in [0.1, 0.15) is 0 Å². The minimum atomic E-state index is -1.00. The van der Waals surface area contributed by atoms with E-state index in [1.165, 1.54) is 186 Å². The number of carbonyl (C=O) groups excluding carboxylic acids is 1. The van der Waals surface area contributed by atoms with Crippen molar-refractivity contribution in [2.45, 2.75) is 258 Å². The number of aliphatic carboxylic acids is 1. The molecule has 0 aromatic carbocycles. The number of ether oxygens (including phenoxy) is 1. The van der Waals surface area contributed by atoms with Crippen molar-refractivity contribution >= 4 is 11.9 Å². The predicted octanol–water partition coefficient (Wildman–Crippen LogP) is 15.0. The van der Waals surface area contributed by atoms with Gasteiger partial charge in [-0.05, 0) is 44.9 Å². The Hall–Kier alpha value is -1.32. The molecule has 48 heavy (non-hydrogen) atoms. The average Bonchev–Trinajstić information content (AvgIpc) is 3.08. The summed E-state index contributed by atoms with van der Waals surface area (Å²) in [6.45, 7) is 4.55. The molecule has 0 aliphatic heterocycles. The van der Waals surface area contributed by atoms with Gasteiger partial charge in [-0.1, -0.05) is 212 Å². The van der Waals surface area contributed by atoms with Gasteiger partial charge in [-0.25, -0.2) is 4.79 Å². The van der Waals surface area contributed by atoms with Gasteiger partial charge >= 0.3 is 11.9 Å². The molecule has 284 valence electrons. The highest BCUT2D eigenvalue weighted by Gasteiger charge is 2.21. The van der Waals surface area contributed by atoms with Crippen molar-refractivity contribution in [3.8, 4) is 0 Å².